The van der Waals surface area contributed by atoms with E-state index in [1.165, 1.54) is 4.90 Å². The summed E-state index contributed by atoms with van der Waals surface area (Å²) in [5.41, 5.74) is 4.80. The van der Waals surface area contributed by atoms with Gasteiger partial charge in [0, 0.05) is 12.2 Å². The Bertz CT molecular complexity index is 663. The number of benzene rings is 1. The molecular formula is C16H22N4O3S. The highest BCUT2D eigenvalue weighted by atomic mass is 32.1. The molecule has 2 amide bonds. The molecule has 1 unspecified atom stereocenters. The molecule has 5 N–H and O–H groups in total. The van der Waals surface area contributed by atoms with E-state index in [4.69, 9.17) is 18.1 Å². The van der Waals surface area contributed by atoms with Crippen LogP contribution in [0.3, 0.4) is 0 Å². The van der Waals surface area contributed by atoms with Gasteiger partial charge in [-0.2, -0.15) is 0 Å². The van der Waals surface area contributed by atoms with E-state index in [9.17, 15) is 14.7 Å². The maximum absolute atomic E-state index is 11.8. The van der Waals surface area contributed by atoms with Crippen LogP contribution < -0.4 is 16.6 Å². The lowest BCUT2D eigenvalue weighted by Crippen LogP contribution is -2.40. The van der Waals surface area contributed by atoms with Crippen LogP contribution in [0, 0.1) is 5.92 Å². The Morgan fingerprint density at radius 3 is 2.75 bits per heavy atom. The van der Waals surface area contributed by atoms with Crippen LogP contribution in [0.4, 0.5) is 10.5 Å². The first kappa shape index (κ1) is 18.2. The summed E-state index contributed by atoms with van der Waals surface area (Å²) in [5.74, 6) is 5.03. The van der Waals surface area contributed by atoms with Gasteiger partial charge in [0.2, 0.25) is 0 Å². The summed E-state index contributed by atoms with van der Waals surface area (Å²) in [6.45, 7) is 4.59. The van der Waals surface area contributed by atoms with Crippen LogP contribution in [0.15, 0.2) is 18.2 Å². The summed E-state index contributed by atoms with van der Waals surface area (Å²) < 4.78 is 0. The normalized spacial score (nSPS) is 16.5. The zero-order valence-corrected chi connectivity index (χ0v) is 14.5. The monoisotopic (exact) mass is 350 g/mol. The van der Waals surface area contributed by atoms with Crippen LogP contribution in [0.5, 0.6) is 0 Å². The molecule has 8 heteroatoms. The molecule has 0 saturated carbocycles. The molecule has 0 fully saturated rings. The minimum absolute atomic E-state index is 0.0949. The number of amides is 2. The molecular weight excluding hydrogens is 328 g/mol. The third-order valence-electron chi connectivity index (χ3n) is 4.04. The number of thiocarbonyl (C=S) groups is 1. The third kappa shape index (κ3) is 4.01. The number of anilines is 1. The van der Waals surface area contributed by atoms with E-state index >= 15 is 0 Å². The van der Waals surface area contributed by atoms with Crippen molar-refractivity contribution < 1.29 is 14.7 Å². The predicted octanol–water partition coefficient (Wildman–Crippen LogP) is 2.04. The van der Waals surface area contributed by atoms with Crippen LogP contribution in [-0.2, 0) is 11.2 Å². The van der Waals surface area contributed by atoms with Gasteiger partial charge in [-0.3, -0.25) is 4.79 Å². The van der Waals surface area contributed by atoms with E-state index in [2.05, 4.69) is 24.6 Å². The Morgan fingerprint density at radius 1 is 1.46 bits per heavy atom. The van der Waals surface area contributed by atoms with E-state index < -0.39 is 12.0 Å². The van der Waals surface area contributed by atoms with Gasteiger partial charge in [0.25, 0.3) is 5.91 Å². The molecule has 1 aromatic carbocycles. The van der Waals surface area contributed by atoms with Crippen molar-refractivity contribution in [2.24, 2.45) is 11.8 Å². The molecule has 0 spiro atoms. The van der Waals surface area contributed by atoms with Crippen molar-refractivity contribution >= 4 is 34.9 Å². The average molecular weight is 350 g/mol. The summed E-state index contributed by atoms with van der Waals surface area (Å²) in [6, 6.07) is 5.35. The minimum atomic E-state index is -0.900. The van der Waals surface area contributed by atoms with E-state index in [1.807, 2.05) is 12.1 Å². The van der Waals surface area contributed by atoms with E-state index in [0.29, 0.717) is 24.6 Å². The zero-order valence-electron chi connectivity index (χ0n) is 13.7. The molecule has 1 aliphatic rings. The third-order valence-corrected chi connectivity index (χ3v) is 4.34. The van der Waals surface area contributed by atoms with E-state index in [1.54, 1.807) is 6.07 Å². The van der Waals surface area contributed by atoms with Gasteiger partial charge in [-0.05, 0) is 42.0 Å². The van der Waals surface area contributed by atoms with Gasteiger partial charge in [-0.15, -0.1) is 0 Å². The van der Waals surface area contributed by atoms with Crippen LogP contribution in [0.1, 0.15) is 37.4 Å². The van der Waals surface area contributed by atoms with Gasteiger partial charge in [0.05, 0.1) is 6.04 Å². The maximum Gasteiger partial charge on any atom is 0.407 e. The number of hydrogen-bond acceptors (Lipinski definition) is 4. The molecule has 24 heavy (non-hydrogen) atoms. The molecule has 0 saturated heterocycles. The lowest BCUT2D eigenvalue weighted by Gasteiger charge is -2.36. The second-order valence-electron chi connectivity index (χ2n) is 6.21. The highest BCUT2D eigenvalue weighted by molar-refractivity contribution is 7.82. The average Bonchev–Trinajstić information content (AvgIpc) is 2.53. The van der Waals surface area contributed by atoms with Crippen molar-refractivity contribution in [2.45, 2.75) is 32.7 Å². The Hall–Kier alpha value is -2.19. The number of rotatable bonds is 3. The zero-order chi connectivity index (χ0) is 17.9. The first-order valence-corrected chi connectivity index (χ1v) is 8.18. The number of carboxylic acid groups (broad SMARTS) is 1. The minimum Gasteiger partial charge on any atom is -0.465 e. The number of nitrogens with two attached hydrogens (primary N) is 1. The molecule has 1 aromatic rings. The first-order valence-electron chi connectivity index (χ1n) is 7.77. The maximum atomic E-state index is 11.8. The number of carbonyl (C=O) groups excluding carboxylic acids is 1. The van der Waals surface area contributed by atoms with Crippen LogP contribution in [0.25, 0.3) is 0 Å². The second kappa shape index (κ2) is 7.59. The molecule has 130 valence electrons. The van der Waals surface area contributed by atoms with Crippen molar-refractivity contribution in [1.82, 2.24) is 10.3 Å². The summed E-state index contributed by atoms with van der Waals surface area (Å²) >= 11 is 4.79. The summed E-state index contributed by atoms with van der Waals surface area (Å²) in [4.78, 5) is 24.7. The fraction of sp³-hybridized carbons (Fsp3) is 0.438. The summed E-state index contributed by atoms with van der Waals surface area (Å²) in [7, 11) is 0. The standard InChI is InChI=1S/C16H22N4O3S/c1-9(2)7-13-12-4-3-11(18-14(21)15(24)19-17)8-10(12)5-6-20(13)16(22)23/h3-4,8-9,13H,5-7,17H2,1-2H3,(H,18,21)(H,19,24)(H,22,23). The van der Waals surface area contributed by atoms with Gasteiger partial charge < -0.3 is 20.7 Å². The molecule has 0 aromatic heterocycles. The number of nitrogens with one attached hydrogen (secondary N) is 2. The molecule has 2 rings (SSSR count). The fourth-order valence-corrected chi connectivity index (χ4v) is 3.02. The van der Waals surface area contributed by atoms with Crippen LogP contribution in [0.2, 0.25) is 0 Å². The number of fused-ring (bicyclic) bond motifs is 1. The van der Waals surface area contributed by atoms with Gasteiger partial charge in [-0.1, -0.05) is 32.1 Å². The second-order valence-corrected chi connectivity index (χ2v) is 6.62. The van der Waals surface area contributed by atoms with Crippen molar-refractivity contribution in [3.05, 3.63) is 29.3 Å². The molecule has 7 nitrogen and oxygen atoms in total. The number of hydrogen-bond donors (Lipinski definition) is 4. The molecule has 0 radical (unpaired) electrons. The van der Waals surface area contributed by atoms with Crippen LogP contribution in [-0.4, -0.2) is 33.5 Å². The Labute approximate surface area is 146 Å². The quantitative estimate of drug-likeness (QED) is 0.377. The molecule has 1 heterocycles. The first-order chi connectivity index (χ1) is 11.3. The van der Waals surface area contributed by atoms with Gasteiger partial charge in [0.1, 0.15) is 0 Å². The highest BCUT2D eigenvalue weighted by Gasteiger charge is 2.31. The topological polar surface area (TPSA) is 108 Å². The van der Waals surface area contributed by atoms with Crippen molar-refractivity contribution in [3.63, 3.8) is 0 Å². The number of nitrogens with zero attached hydrogens (tertiary/aromatic N) is 1. The molecule has 1 aliphatic heterocycles. The van der Waals surface area contributed by atoms with E-state index in [0.717, 1.165) is 17.5 Å². The Morgan fingerprint density at radius 2 is 2.17 bits per heavy atom. The fourth-order valence-electron chi connectivity index (χ4n) is 2.97. The van der Waals surface area contributed by atoms with Crippen molar-refractivity contribution in [3.8, 4) is 0 Å². The van der Waals surface area contributed by atoms with Gasteiger partial charge in [-0.25, -0.2) is 10.6 Å². The summed E-state index contributed by atoms with van der Waals surface area (Å²) in [6.07, 6.45) is 0.467. The van der Waals surface area contributed by atoms with Gasteiger partial charge in [0.15, 0.2) is 4.99 Å². The largest absolute Gasteiger partial charge is 0.465 e. The Kier molecular flexibility index (Phi) is 5.74. The molecule has 0 aliphatic carbocycles. The Balaban J connectivity index is 2.27. The smallest absolute Gasteiger partial charge is 0.407 e. The SMILES string of the molecule is CC(C)CC1c2ccc(NC(=O)C(=S)NN)cc2CCN1C(=O)O. The van der Waals surface area contributed by atoms with Crippen molar-refractivity contribution in [2.75, 3.05) is 11.9 Å². The predicted molar refractivity (Wildman–Crippen MR) is 95.6 cm³/mol. The van der Waals surface area contributed by atoms with Crippen LogP contribution >= 0.6 is 12.2 Å². The molecule has 1 atom stereocenters. The van der Waals surface area contributed by atoms with Crippen molar-refractivity contribution in [1.29, 1.82) is 0 Å². The summed E-state index contributed by atoms with van der Waals surface area (Å²) in [5, 5.41) is 12.1. The van der Waals surface area contributed by atoms with Gasteiger partial charge >= 0.3 is 6.09 Å². The highest BCUT2D eigenvalue weighted by Crippen LogP contribution is 2.35. The van der Waals surface area contributed by atoms with E-state index in [-0.39, 0.29) is 11.0 Å². The number of hydrazine groups is 1. The lowest BCUT2D eigenvalue weighted by atomic mass is 9.87. The molecule has 0 bridgehead atoms. The lowest BCUT2D eigenvalue weighted by molar-refractivity contribution is -0.110. The number of carbonyl (C=O) groups is 2.